The predicted molar refractivity (Wildman–Crippen MR) is 94.8 cm³/mol. The topological polar surface area (TPSA) is 83.8 Å². The normalized spacial score (nSPS) is 13.2. The zero-order valence-corrected chi connectivity index (χ0v) is 14.9. The third-order valence-corrected chi connectivity index (χ3v) is 4.31. The van der Waals surface area contributed by atoms with Crippen molar-refractivity contribution in [1.29, 1.82) is 0 Å². The van der Waals surface area contributed by atoms with Gasteiger partial charge in [-0.15, -0.1) is 10.2 Å². The number of rotatable bonds is 4. The number of carbonyl (C=O) groups is 1. The maximum absolute atomic E-state index is 12.1. The van der Waals surface area contributed by atoms with Crippen molar-refractivity contribution in [3.8, 4) is 11.5 Å². The average Bonchev–Trinajstić information content (AvgIpc) is 3.11. The fraction of sp³-hybridized carbons (Fsp3) is 0.353. The second kappa shape index (κ2) is 6.32. The van der Waals surface area contributed by atoms with Crippen molar-refractivity contribution in [3.05, 3.63) is 30.5 Å². The molecule has 2 N–H and O–H groups in total. The van der Waals surface area contributed by atoms with Gasteiger partial charge in [0.15, 0.2) is 0 Å². The number of aromatic nitrogens is 3. The molecule has 7 heteroatoms. The molecular weight excluding hydrogens is 324 g/mol. The van der Waals surface area contributed by atoms with Gasteiger partial charge in [0.05, 0.1) is 10.8 Å². The lowest BCUT2D eigenvalue weighted by atomic mass is 10.1. The van der Waals surface area contributed by atoms with Gasteiger partial charge in [-0.25, -0.2) is 0 Å². The predicted octanol–water partition coefficient (Wildman–Crippen LogP) is 3.61. The maximum atomic E-state index is 12.1. The van der Waals surface area contributed by atoms with Gasteiger partial charge in [0.25, 0.3) is 11.1 Å². The lowest BCUT2D eigenvalue weighted by Crippen LogP contribution is -2.44. The highest BCUT2D eigenvalue weighted by Gasteiger charge is 2.23. The summed E-state index contributed by atoms with van der Waals surface area (Å²) >= 11 is 1.25. The number of fused-ring (bicyclic) bond motifs is 1. The summed E-state index contributed by atoms with van der Waals surface area (Å²) in [6, 6.07) is 7.92. The number of para-hydroxylation sites is 1. The smallest absolute Gasteiger partial charge is 0.277 e. The lowest BCUT2D eigenvalue weighted by molar-refractivity contribution is -0.121. The molecule has 2 aromatic heterocycles. The van der Waals surface area contributed by atoms with Gasteiger partial charge in [-0.05, 0) is 33.8 Å². The molecule has 2 heterocycles. The molecule has 0 saturated carbocycles. The molecule has 0 aliphatic carbocycles. The minimum absolute atomic E-state index is 0.0562. The number of thioether (sulfide) groups is 1. The molecule has 0 radical (unpaired) electrons. The zero-order chi connectivity index (χ0) is 17.3. The Hall–Kier alpha value is -2.28. The maximum Gasteiger partial charge on any atom is 0.277 e. The number of aromatic amines is 1. The van der Waals surface area contributed by atoms with Crippen LogP contribution in [-0.4, -0.2) is 31.9 Å². The largest absolute Gasteiger partial charge is 0.411 e. The summed E-state index contributed by atoms with van der Waals surface area (Å²) in [5, 5.41) is 12.2. The van der Waals surface area contributed by atoms with E-state index in [4.69, 9.17) is 4.42 Å². The van der Waals surface area contributed by atoms with E-state index in [2.05, 4.69) is 20.5 Å². The van der Waals surface area contributed by atoms with Crippen LogP contribution < -0.4 is 5.32 Å². The molecule has 3 aromatic rings. The van der Waals surface area contributed by atoms with Crippen LogP contribution in [0.2, 0.25) is 0 Å². The summed E-state index contributed by atoms with van der Waals surface area (Å²) in [5.41, 5.74) is 1.60. The van der Waals surface area contributed by atoms with Gasteiger partial charge in [-0.2, -0.15) is 0 Å². The van der Waals surface area contributed by atoms with Crippen molar-refractivity contribution in [2.45, 2.75) is 43.7 Å². The Bertz CT molecular complexity index is 863. The van der Waals surface area contributed by atoms with E-state index < -0.39 is 0 Å². The molecule has 0 bridgehead atoms. The van der Waals surface area contributed by atoms with Crippen molar-refractivity contribution in [3.63, 3.8) is 0 Å². The van der Waals surface area contributed by atoms with Crippen LogP contribution in [0.15, 0.2) is 40.1 Å². The Morgan fingerprint density at radius 1 is 1.29 bits per heavy atom. The van der Waals surface area contributed by atoms with Crippen molar-refractivity contribution in [2.24, 2.45) is 0 Å². The standard InChI is InChI=1S/C17H20N4O2S/c1-10(14(22)19-17(2,3)4)24-16-21-20-15(23-16)12-9-18-13-8-6-5-7-11(12)13/h5-10,18H,1-4H3,(H,19,22)/t10-/m0/s1. The van der Waals surface area contributed by atoms with E-state index in [1.807, 2.05) is 58.2 Å². The van der Waals surface area contributed by atoms with Crippen LogP contribution >= 0.6 is 11.8 Å². The van der Waals surface area contributed by atoms with E-state index in [-0.39, 0.29) is 16.7 Å². The molecule has 3 rings (SSSR count). The van der Waals surface area contributed by atoms with E-state index in [1.54, 1.807) is 0 Å². The number of hydrogen-bond acceptors (Lipinski definition) is 5. The van der Waals surface area contributed by atoms with E-state index in [9.17, 15) is 4.79 Å². The average molecular weight is 344 g/mol. The van der Waals surface area contributed by atoms with Crippen LogP contribution in [0.4, 0.5) is 0 Å². The first kappa shape index (κ1) is 16.6. The summed E-state index contributed by atoms with van der Waals surface area (Å²) < 4.78 is 5.73. The number of carbonyl (C=O) groups excluding carboxylic acids is 1. The molecule has 1 atom stereocenters. The molecule has 24 heavy (non-hydrogen) atoms. The van der Waals surface area contributed by atoms with Crippen LogP contribution in [0.1, 0.15) is 27.7 Å². The Balaban J connectivity index is 1.75. The van der Waals surface area contributed by atoms with Gasteiger partial charge in [0.1, 0.15) is 0 Å². The van der Waals surface area contributed by atoms with E-state index in [0.29, 0.717) is 11.1 Å². The Labute approximate surface area is 144 Å². The molecule has 0 unspecified atom stereocenters. The molecule has 1 amide bonds. The van der Waals surface area contributed by atoms with E-state index >= 15 is 0 Å². The first-order chi connectivity index (χ1) is 11.3. The SMILES string of the molecule is C[C@H](Sc1nnc(-c2c[nH]c3ccccc23)o1)C(=O)NC(C)(C)C. The minimum atomic E-state index is -0.319. The van der Waals surface area contributed by atoms with Gasteiger partial charge in [0.2, 0.25) is 5.91 Å². The van der Waals surface area contributed by atoms with Gasteiger partial charge in [-0.1, -0.05) is 30.0 Å². The number of benzene rings is 1. The lowest BCUT2D eigenvalue weighted by Gasteiger charge is -2.22. The monoisotopic (exact) mass is 344 g/mol. The van der Waals surface area contributed by atoms with Gasteiger partial charge in [0, 0.05) is 22.6 Å². The fourth-order valence-electron chi connectivity index (χ4n) is 2.29. The van der Waals surface area contributed by atoms with Gasteiger partial charge in [-0.3, -0.25) is 4.79 Å². The first-order valence-electron chi connectivity index (χ1n) is 7.72. The highest BCUT2D eigenvalue weighted by atomic mass is 32.2. The number of nitrogens with one attached hydrogen (secondary N) is 2. The fourth-order valence-corrected chi connectivity index (χ4v) is 2.97. The highest BCUT2D eigenvalue weighted by molar-refractivity contribution is 8.00. The quantitative estimate of drug-likeness (QED) is 0.706. The van der Waals surface area contributed by atoms with Gasteiger partial charge < -0.3 is 14.7 Å². The van der Waals surface area contributed by atoms with Crippen LogP contribution in [0.5, 0.6) is 0 Å². The summed E-state index contributed by atoms with van der Waals surface area (Å²) in [6.45, 7) is 7.67. The van der Waals surface area contributed by atoms with Crippen molar-refractivity contribution in [2.75, 3.05) is 0 Å². The minimum Gasteiger partial charge on any atom is -0.411 e. The summed E-state index contributed by atoms with van der Waals surface area (Å²) in [7, 11) is 0. The molecular formula is C17H20N4O2S. The van der Waals surface area contributed by atoms with Crippen LogP contribution in [-0.2, 0) is 4.79 Å². The molecule has 6 nitrogen and oxygen atoms in total. The third kappa shape index (κ3) is 3.62. The molecule has 0 spiro atoms. The number of nitrogens with zero attached hydrogens (tertiary/aromatic N) is 2. The van der Waals surface area contributed by atoms with Crippen molar-refractivity contribution in [1.82, 2.24) is 20.5 Å². The molecule has 0 fully saturated rings. The van der Waals surface area contributed by atoms with Crippen LogP contribution in [0.25, 0.3) is 22.4 Å². The number of amides is 1. The first-order valence-corrected chi connectivity index (χ1v) is 8.60. The third-order valence-electron chi connectivity index (χ3n) is 3.37. The molecule has 126 valence electrons. The number of H-pyrrole nitrogens is 1. The molecule has 1 aromatic carbocycles. The molecule has 0 saturated heterocycles. The second-order valence-electron chi connectivity index (χ2n) is 6.62. The molecule has 0 aliphatic heterocycles. The zero-order valence-electron chi connectivity index (χ0n) is 14.1. The Kier molecular flexibility index (Phi) is 4.36. The van der Waals surface area contributed by atoms with E-state index in [0.717, 1.165) is 16.5 Å². The van der Waals surface area contributed by atoms with Crippen molar-refractivity contribution >= 4 is 28.6 Å². The second-order valence-corrected chi connectivity index (χ2v) is 7.91. The summed E-state index contributed by atoms with van der Waals surface area (Å²) in [6.07, 6.45) is 1.85. The Morgan fingerprint density at radius 2 is 2.04 bits per heavy atom. The Morgan fingerprint density at radius 3 is 2.79 bits per heavy atom. The summed E-state index contributed by atoms with van der Waals surface area (Å²) in [4.78, 5) is 15.3. The van der Waals surface area contributed by atoms with E-state index in [1.165, 1.54) is 11.8 Å². The van der Waals surface area contributed by atoms with Gasteiger partial charge >= 0.3 is 0 Å². The number of hydrogen-bond donors (Lipinski definition) is 2. The summed E-state index contributed by atoms with van der Waals surface area (Å²) in [5.74, 6) is 0.387. The molecule has 0 aliphatic rings. The van der Waals surface area contributed by atoms with Crippen LogP contribution in [0, 0.1) is 0 Å². The van der Waals surface area contributed by atoms with Crippen molar-refractivity contribution < 1.29 is 9.21 Å². The highest BCUT2D eigenvalue weighted by Crippen LogP contribution is 2.30. The van der Waals surface area contributed by atoms with Crippen LogP contribution in [0.3, 0.4) is 0 Å².